The number of aliphatic hydroxyl groups excluding tert-OH is 1. The highest BCUT2D eigenvalue weighted by Crippen LogP contribution is 1.98. The predicted octanol–water partition coefficient (Wildman–Crippen LogP) is -5.38. The van der Waals surface area contributed by atoms with E-state index in [9.17, 15) is 33.9 Å². The number of carbonyl (C=O) groups is 6. The van der Waals surface area contributed by atoms with Gasteiger partial charge < -0.3 is 43.4 Å². The van der Waals surface area contributed by atoms with Crippen molar-refractivity contribution in [2.45, 2.75) is 43.9 Å². The molecule has 0 fully saturated rings. The zero-order valence-electron chi connectivity index (χ0n) is 15.0. The quantitative estimate of drug-likeness (QED) is 0.154. The van der Waals surface area contributed by atoms with Crippen LogP contribution < -0.4 is 33.2 Å². The molecule has 5 amide bonds. The van der Waals surface area contributed by atoms with Crippen molar-refractivity contribution in [2.24, 2.45) is 17.2 Å². The lowest BCUT2D eigenvalue weighted by Gasteiger charge is -2.23. The van der Waals surface area contributed by atoms with Gasteiger partial charge in [-0.2, -0.15) is 0 Å². The van der Waals surface area contributed by atoms with Crippen LogP contribution in [0.1, 0.15) is 19.8 Å². The Bertz CT molecular complexity index is 639. The van der Waals surface area contributed by atoms with Gasteiger partial charge in [0.1, 0.15) is 18.1 Å². The standard InChI is InChI=1S/C14H24N6O8/c1-5(14(27)28)18-13(26)8(4-21)20-12(25)7(3-10(17)23)19-11(24)6(15)2-9(16)22/h5-8,21H,2-4,15H2,1H3,(H2,16,22)(H2,17,23)(H,18,26)(H,19,24)(H,20,25)(H,27,28). The lowest BCUT2D eigenvalue weighted by molar-refractivity contribution is -0.142. The average Bonchev–Trinajstić information content (AvgIpc) is 2.57. The van der Waals surface area contributed by atoms with Crippen molar-refractivity contribution in [1.29, 1.82) is 0 Å². The first-order valence-corrected chi connectivity index (χ1v) is 7.96. The highest BCUT2D eigenvalue weighted by molar-refractivity contribution is 5.96. The molecule has 158 valence electrons. The fraction of sp³-hybridized carbons (Fsp3) is 0.571. The smallest absolute Gasteiger partial charge is 0.325 e. The molecule has 4 atom stereocenters. The summed E-state index contributed by atoms with van der Waals surface area (Å²) in [7, 11) is 0. The fourth-order valence-electron chi connectivity index (χ4n) is 1.84. The third-order valence-corrected chi connectivity index (χ3v) is 3.34. The lowest BCUT2D eigenvalue weighted by Crippen LogP contribution is -2.58. The summed E-state index contributed by atoms with van der Waals surface area (Å²) in [6, 6.07) is -5.83. The van der Waals surface area contributed by atoms with E-state index >= 15 is 0 Å². The molecule has 28 heavy (non-hydrogen) atoms. The predicted molar refractivity (Wildman–Crippen MR) is 91.8 cm³/mol. The molecule has 0 spiro atoms. The van der Waals surface area contributed by atoms with Crippen LogP contribution in [0.15, 0.2) is 0 Å². The monoisotopic (exact) mass is 404 g/mol. The van der Waals surface area contributed by atoms with Crippen LogP contribution in [0.2, 0.25) is 0 Å². The van der Waals surface area contributed by atoms with Crippen LogP contribution in [0, 0.1) is 0 Å². The maximum absolute atomic E-state index is 12.3. The van der Waals surface area contributed by atoms with Gasteiger partial charge in [-0.3, -0.25) is 28.8 Å². The van der Waals surface area contributed by atoms with Gasteiger partial charge in [-0.25, -0.2) is 0 Å². The number of carbonyl (C=O) groups excluding carboxylic acids is 5. The Morgan fingerprint density at radius 2 is 1.29 bits per heavy atom. The third-order valence-electron chi connectivity index (χ3n) is 3.34. The number of hydrogen-bond acceptors (Lipinski definition) is 8. The topological polar surface area (TPSA) is 257 Å². The molecule has 0 heterocycles. The number of carboxylic acids is 1. The van der Waals surface area contributed by atoms with Gasteiger partial charge in [-0.1, -0.05) is 0 Å². The molecule has 0 aromatic rings. The van der Waals surface area contributed by atoms with Crippen molar-refractivity contribution in [3.05, 3.63) is 0 Å². The van der Waals surface area contributed by atoms with Crippen LogP contribution in [-0.4, -0.2) is 76.5 Å². The van der Waals surface area contributed by atoms with Crippen LogP contribution in [0.5, 0.6) is 0 Å². The van der Waals surface area contributed by atoms with E-state index in [4.69, 9.17) is 22.3 Å². The van der Waals surface area contributed by atoms with Crippen molar-refractivity contribution < 1.29 is 39.0 Å². The van der Waals surface area contributed by atoms with E-state index in [2.05, 4.69) is 10.6 Å². The Balaban J connectivity index is 5.14. The number of aliphatic carboxylic acids is 1. The third kappa shape index (κ3) is 8.91. The molecule has 0 bridgehead atoms. The van der Waals surface area contributed by atoms with Crippen LogP contribution >= 0.6 is 0 Å². The fourth-order valence-corrected chi connectivity index (χ4v) is 1.84. The van der Waals surface area contributed by atoms with Gasteiger partial charge in [-0.05, 0) is 6.92 Å². The molecule has 0 aliphatic carbocycles. The summed E-state index contributed by atoms with van der Waals surface area (Å²) < 4.78 is 0. The van der Waals surface area contributed by atoms with E-state index in [0.717, 1.165) is 6.92 Å². The van der Waals surface area contributed by atoms with Gasteiger partial charge in [0.2, 0.25) is 29.5 Å². The summed E-state index contributed by atoms with van der Waals surface area (Å²) >= 11 is 0. The lowest BCUT2D eigenvalue weighted by atomic mass is 10.1. The van der Waals surface area contributed by atoms with E-state index < -0.39 is 79.1 Å². The number of nitrogens with one attached hydrogen (secondary N) is 3. The van der Waals surface area contributed by atoms with E-state index in [0.29, 0.717) is 0 Å². The molecule has 0 aromatic carbocycles. The highest BCUT2D eigenvalue weighted by Gasteiger charge is 2.30. The van der Waals surface area contributed by atoms with E-state index in [1.165, 1.54) is 0 Å². The zero-order valence-corrected chi connectivity index (χ0v) is 15.0. The molecule has 14 nitrogen and oxygen atoms in total. The van der Waals surface area contributed by atoms with Crippen LogP contribution in [0.25, 0.3) is 0 Å². The van der Waals surface area contributed by atoms with E-state index in [1.54, 1.807) is 0 Å². The molecule has 0 radical (unpaired) electrons. The van der Waals surface area contributed by atoms with Gasteiger partial charge in [0, 0.05) is 0 Å². The Kier molecular flexibility index (Phi) is 10.1. The SMILES string of the molecule is CC(NC(=O)C(CO)NC(=O)C(CC(N)=O)NC(=O)C(N)CC(N)=O)C(=O)O. The molecule has 0 aliphatic rings. The number of carboxylic acid groups (broad SMARTS) is 1. The molecule has 14 heteroatoms. The van der Waals surface area contributed by atoms with Crippen molar-refractivity contribution in [1.82, 2.24) is 16.0 Å². The maximum Gasteiger partial charge on any atom is 0.325 e. The molecule has 0 rings (SSSR count). The van der Waals surface area contributed by atoms with Gasteiger partial charge >= 0.3 is 5.97 Å². The zero-order chi connectivity index (χ0) is 22.0. The van der Waals surface area contributed by atoms with Crippen molar-refractivity contribution >= 4 is 35.5 Å². The Labute approximate surface area is 159 Å². The van der Waals surface area contributed by atoms with Gasteiger partial charge in [-0.15, -0.1) is 0 Å². The van der Waals surface area contributed by atoms with Crippen molar-refractivity contribution in [3.8, 4) is 0 Å². The molecule has 0 aliphatic heterocycles. The van der Waals surface area contributed by atoms with Crippen LogP contribution in [-0.2, 0) is 28.8 Å². The number of primary amides is 2. The number of aliphatic hydroxyl groups is 1. The molecular weight excluding hydrogens is 380 g/mol. The second kappa shape index (κ2) is 11.5. The first kappa shape index (κ1) is 24.7. The second-order valence-corrected chi connectivity index (χ2v) is 5.82. The Morgan fingerprint density at radius 1 is 0.821 bits per heavy atom. The van der Waals surface area contributed by atoms with Gasteiger partial charge in [0.15, 0.2) is 0 Å². The molecular formula is C14H24N6O8. The van der Waals surface area contributed by atoms with E-state index in [1.807, 2.05) is 5.32 Å². The van der Waals surface area contributed by atoms with Crippen LogP contribution in [0.4, 0.5) is 0 Å². The number of rotatable bonds is 12. The average molecular weight is 404 g/mol. The Hall–Kier alpha value is -3.26. The molecule has 11 N–H and O–H groups in total. The first-order valence-electron chi connectivity index (χ1n) is 7.96. The first-order chi connectivity index (χ1) is 12.9. The molecule has 0 saturated heterocycles. The number of amides is 5. The summed E-state index contributed by atoms with van der Waals surface area (Å²) in [6.07, 6.45) is -1.20. The molecule has 0 aromatic heterocycles. The minimum atomic E-state index is -1.57. The summed E-state index contributed by atoms with van der Waals surface area (Å²) in [5.41, 5.74) is 15.4. The van der Waals surface area contributed by atoms with Crippen LogP contribution in [0.3, 0.4) is 0 Å². The minimum absolute atomic E-state index is 0.522. The normalized spacial score (nSPS) is 14.7. The van der Waals surface area contributed by atoms with Crippen molar-refractivity contribution in [2.75, 3.05) is 6.61 Å². The largest absolute Gasteiger partial charge is 0.480 e. The summed E-state index contributed by atoms with van der Waals surface area (Å²) in [4.78, 5) is 68.8. The van der Waals surface area contributed by atoms with Gasteiger partial charge in [0.05, 0.1) is 25.5 Å². The Morgan fingerprint density at radius 3 is 1.71 bits per heavy atom. The maximum atomic E-state index is 12.3. The minimum Gasteiger partial charge on any atom is -0.480 e. The second-order valence-electron chi connectivity index (χ2n) is 5.82. The van der Waals surface area contributed by atoms with Gasteiger partial charge in [0.25, 0.3) is 0 Å². The number of hydrogen-bond donors (Lipinski definition) is 8. The highest BCUT2D eigenvalue weighted by atomic mass is 16.4. The number of nitrogens with two attached hydrogens (primary N) is 3. The summed E-state index contributed by atoms with van der Waals surface area (Å²) in [5, 5.41) is 24.2. The summed E-state index contributed by atoms with van der Waals surface area (Å²) in [6.45, 7) is 0.259. The van der Waals surface area contributed by atoms with E-state index in [-0.39, 0.29) is 0 Å². The molecule has 4 unspecified atom stereocenters. The molecule has 0 saturated carbocycles. The van der Waals surface area contributed by atoms with Crippen molar-refractivity contribution in [3.63, 3.8) is 0 Å². The summed E-state index contributed by atoms with van der Waals surface area (Å²) in [5.74, 6) is -6.27.